The molecule has 0 bridgehead atoms. The van der Waals surface area contributed by atoms with E-state index in [1.165, 1.54) is 6.33 Å². The van der Waals surface area contributed by atoms with Crippen LogP contribution in [0.4, 0.5) is 5.82 Å². The van der Waals surface area contributed by atoms with E-state index in [4.69, 9.17) is 16.3 Å². The van der Waals surface area contributed by atoms with Crippen LogP contribution in [0.2, 0.25) is 5.02 Å². The lowest BCUT2D eigenvalue weighted by molar-refractivity contribution is -0.121. The van der Waals surface area contributed by atoms with Gasteiger partial charge < -0.3 is 15.0 Å². The Balaban J connectivity index is 1.47. The van der Waals surface area contributed by atoms with Gasteiger partial charge in [-0.15, -0.1) is 0 Å². The molecule has 0 radical (unpaired) electrons. The van der Waals surface area contributed by atoms with Gasteiger partial charge in [0.05, 0.1) is 24.8 Å². The lowest BCUT2D eigenvalue weighted by Crippen LogP contribution is -2.36. The van der Waals surface area contributed by atoms with Crippen LogP contribution < -0.4 is 10.2 Å². The second-order valence-corrected chi connectivity index (χ2v) is 6.61. The third-order valence-electron chi connectivity index (χ3n) is 4.45. The number of carbonyl (C=O) groups excluding carboxylic acids is 1. The summed E-state index contributed by atoms with van der Waals surface area (Å²) in [6.07, 6.45) is 3.22. The molecule has 8 nitrogen and oxygen atoms in total. The number of fused-ring (bicyclic) bond motifs is 1. The predicted molar refractivity (Wildman–Crippen MR) is 102 cm³/mol. The van der Waals surface area contributed by atoms with E-state index < -0.39 is 0 Å². The SMILES string of the molecule is O=C(Cn1ncc2c(N3CCOCC3)ncnc21)NCc1ccccc1Cl. The molecule has 1 aliphatic rings. The fraction of sp³-hybridized carbons (Fsp3) is 0.333. The van der Waals surface area contributed by atoms with Crippen molar-refractivity contribution < 1.29 is 9.53 Å². The van der Waals surface area contributed by atoms with Crippen molar-refractivity contribution in [2.45, 2.75) is 13.1 Å². The average molecular weight is 387 g/mol. The summed E-state index contributed by atoms with van der Waals surface area (Å²) in [6.45, 7) is 3.33. The lowest BCUT2D eigenvalue weighted by atomic mass is 10.2. The summed E-state index contributed by atoms with van der Waals surface area (Å²) < 4.78 is 6.98. The standard InChI is InChI=1S/C18H19ClN6O2/c19-15-4-2-1-3-13(15)9-20-16(26)11-25-18-14(10-23-25)17(21-12-22-18)24-5-7-27-8-6-24/h1-4,10,12H,5-9,11H2,(H,20,26). The van der Waals surface area contributed by atoms with Crippen LogP contribution >= 0.6 is 11.6 Å². The molecule has 2 aromatic heterocycles. The van der Waals surface area contributed by atoms with Crippen LogP contribution in [0.15, 0.2) is 36.8 Å². The second-order valence-electron chi connectivity index (χ2n) is 6.20. The smallest absolute Gasteiger partial charge is 0.242 e. The molecule has 0 aliphatic carbocycles. The predicted octanol–water partition coefficient (Wildman–Crippen LogP) is 1.63. The third kappa shape index (κ3) is 3.86. The first kappa shape index (κ1) is 17.7. The average Bonchev–Trinajstić information content (AvgIpc) is 3.11. The zero-order valence-corrected chi connectivity index (χ0v) is 15.4. The van der Waals surface area contributed by atoms with E-state index in [9.17, 15) is 4.79 Å². The van der Waals surface area contributed by atoms with E-state index in [-0.39, 0.29) is 12.5 Å². The summed E-state index contributed by atoms with van der Waals surface area (Å²) >= 11 is 6.12. The number of aromatic nitrogens is 4. The molecule has 1 N–H and O–H groups in total. The van der Waals surface area contributed by atoms with E-state index in [0.717, 1.165) is 29.9 Å². The van der Waals surface area contributed by atoms with Crippen molar-refractivity contribution >= 4 is 34.4 Å². The van der Waals surface area contributed by atoms with Crippen LogP contribution in [0, 0.1) is 0 Å². The molecular formula is C18H19ClN6O2. The first-order chi connectivity index (χ1) is 13.2. The largest absolute Gasteiger partial charge is 0.378 e. The number of carbonyl (C=O) groups is 1. The molecule has 1 aliphatic heterocycles. The molecule has 0 atom stereocenters. The van der Waals surface area contributed by atoms with Crippen molar-refractivity contribution in [3.05, 3.63) is 47.4 Å². The number of halogens is 1. The van der Waals surface area contributed by atoms with Gasteiger partial charge in [0.1, 0.15) is 18.7 Å². The summed E-state index contributed by atoms with van der Waals surface area (Å²) in [7, 11) is 0. The monoisotopic (exact) mass is 386 g/mol. The maximum absolute atomic E-state index is 12.3. The highest BCUT2D eigenvalue weighted by atomic mass is 35.5. The van der Waals surface area contributed by atoms with Crippen LogP contribution in [0.25, 0.3) is 11.0 Å². The molecule has 1 amide bonds. The molecule has 3 heterocycles. The van der Waals surface area contributed by atoms with Crippen molar-refractivity contribution in [2.24, 2.45) is 0 Å². The third-order valence-corrected chi connectivity index (χ3v) is 4.82. The summed E-state index contributed by atoms with van der Waals surface area (Å²) in [5.41, 5.74) is 1.51. The zero-order chi connectivity index (χ0) is 18.6. The number of morpholine rings is 1. The van der Waals surface area contributed by atoms with Gasteiger partial charge in [0.25, 0.3) is 0 Å². The van der Waals surface area contributed by atoms with Crippen LogP contribution in [0.3, 0.4) is 0 Å². The molecule has 0 spiro atoms. The summed E-state index contributed by atoms with van der Waals surface area (Å²) in [5, 5.41) is 8.66. The minimum absolute atomic E-state index is 0.0769. The molecule has 1 aromatic carbocycles. The number of hydrogen-bond donors (Lipinski definition) is 1. The Bertz CT molecular complexity index is 954. The molecule has 3 aromatic rings. The lowest BCUT2D eigenvalue weighted by Gasteiger charge is -2.27. The Morgan fingerprint density at radius 3 is 2.85 bits per heavy atom. The topological polar surface area (TPSA) is 85.2 Å². The summed E-state index contributed by atoms with van der Waals surface area (Å²) in [6, 6.07) is 7.43. The van der Waals surface area contributed by atoms with E-state index in [0.29, 0.717) is 30.4 Å². The van der Waals surface area contributed by atoms with Crippen molar-refractivity contribution in [3.63, 3.8) is 0 Å². The Kier molecular flexibility index (Phi) is 5.17. The number of amides is 1. The second kappa shape index (κ2) is 7.89. The number of hydrogen-bond acceptors (Lipinski definition) is 6. The number of ether oxygens (including phenoxy) is 1. The van der Waals surface area contributed by atoms with Crippen molar-refractivity contribution in [3.8, 4) is 0 Å². The number of anilines is 1. The van der Waals surface area contributed by atoms with Gasteiger partial charge in [-0.05, 0) is 11.6 Å². The summed E-state index contributed by atoms with van der Waals surface area (Å²) in [4.78, 5) is 23.2. The van der Waals surface area contributed by atoms with Crippen LogP contribution in [0.5, 0.6) is 0 Å². The van der Waals surface area contributed by atoms with E-state index in [2.05, 4.69) is 25.3 Å². The van der Waals surface area contributed by atoms with E-state index >= 15 is 0 Å². The fourth-order valence-corrected chi connectivity index (χ4v) is 3.25. The highest BCUT2D eigenvalue weighted by Crippen LogP contribution is 2.23. The van der Waals surface area contributed by atoms with Gasteiger partial charge in [-0.3, -0.25) is 4.79 Å². The van der Waals surface area contributed by atoms with Crippen LogP contribution in [0.1, 0.15) is 5.56 Å². The number of benzene rings is 1. The molecular weight excluding hydrogens is 368 g/mol. The van der Waals surface area contributed by atoms with Gasteiger partial charge in [-0.25, -0.2) is 14.6 Å². The quantitative estimate of drug-likeness (QED) is 0.717. The van der Waals surface area contributed by atoms with Gasteiger partial charge in [0, 0.05) is 24.7 Å². The Morgan fingerprint density at radius 2 is 2.04 bits per heavy atom. The van der Waals surface area contributed by atoms with Gasteiger partial charge in [0.2, 0.25) is 5.91 Å². The number of nitrogens with zero attached hydrogens (tertiary/aromatic N) is 5. The molecule has 1 fully saturated rings. The molecule has 0 unspecified atom stereocenters. The van der Waals surface area contributed by atoms with Gasteiger partial charge in [-0.2, -0.15) is 5.10 Å². The normalized spacial score (nSPS) is 14.5. The van der Waals surface area contributed by atoms with Crippen molar-refractivity contribution in [1.29, 1.82) is 0 Å². The van der Waals surface area contributed by atoms with Gasteiger partial charge >= 0.3 is 0 Å². The Labute approximate surface area is 161 Å². The molecule has 140 valence electrons. The highest BCUT2D eigenvalue weighted by Gasteiger charge is 2.18. The first-order valence-electron chi connectivity index (χ1n) is 8.71. The minimum atomic E-state index is -0.161. The molecule has 0 saturated carbocycles. The minimum Gasteiger partial charge on any atom is -0.378 e. The van der Waals surface area contributed by atoms with Crippen molar-refractivity contribution in [1.82, 2.24) is 25.1 Å². The Morgan fingerprint density at radius 1 is 1.22 bits per heavy atom. The number of nitrogens with one attached hydrogen (secondary N) is 1. The summed E-state index contributed by atoms with van der Waals surface area (Å²) in [5.74, 6) is 0.664. The highest BCUT2D eigenvalue weighted by molar-refractivity contribution is 6.31. The molecule has 9 heteroatoms. The van der Waals surface area contributed by atoms with Crippen molar-refractivity contribution in [2.75, 3.05) is 31.2 Å². The molecule has 1 saturated heterocycles. The van der Waals surface area contributed by atoms with Gasteiger partial charge in [-0.1, -0.05) is 29.8 Å². The maximum atomic E-state index is 12.3. The molecule has 27 heavy (non-hydrogen) atoms. The fourth-order valence-electron chi connectivity index (χ4n) is 3.05. The van der Waals surface area contributed by atoms with E-state index in [1.807, 2.05) is 18.2 Å². The maximum Gasteiger partial charge on any atom is 0.242 e. The van der Waals surface area contributed by atoms with E-state index in [1.54, 1.807) is 16.9 Å². The molecule has 4 rings (SSSR count). The van der Waals surface area contributed by atoms with Gasteiger partial charge in [0.15, 0.2) is 5.65 Å². The van der Waals surface area contributed by atoms with Crippen LogP contribution in [-0.4, -0.2) is 52.0 Å². The van der Waals surface area contributed by atoms with Crippen LogP contribution in [-0.2, 0) is 22.6 Å². The zero-order valence-electron chi connectivity index (χ0n) is 14.6. The number of rotatable bonds is 5. The Hall–Kier alpha value is -2.71. The first-order valence-corrected chi connectivity index (χ1v) is 9.09.